The molecular formula is C60H92N22O10. The van der Waals surface area contributed by atoms with Gasteiger partial charge in [-0.2, -0.15) is 0 Å². The maximum atomic E-state index is 15.1. The maximum Gasteiger partial charge on any atom is 0.243 e. The Morgan fingerprint density at radius 2 is 0.772 bits per heavy atom. The molecule has 4 rings (SSSR count). The van der Waals surface area contributed by atoms with Crippen molar-refractivity contribution < 1.29 is 47.9 Å². The fraction of sp³-hybridized carbons (Fsp3) is 0.500. The van der Waals surface area contributed by atoms with Crippen molar-refractivity contribution in [1.29, 1.82) is 21.6 Å². The van der Waals surface area contributed by atoms with E-state index in [0.717, 1.165) is 10.8 Å². The number of carbonyl (C=O) groups excluding carboxylic acids is 10. The number of carbonyl (C=O) groups is 10. The Labute approximate surface area is 533 Å². The van der Waals surface area contributed by atoms with Crippen LogP contribution in [0.5, 0.6) is 0 Å². The maximum absolute atomic E-state index is 15.1. The average Bonchev–Trinajstić information content (AvgIpc) is 1.02. The van der Waals surface area contributed by atoms with Crippen molar-refractivity contribution in [2.45, 2.75) is 158 Å². The molecule has 0 bridgehead atoms. The second kappa shape index (κ2) is 39.7. The average molecular weight is 1280 g/mol. The second-order valence-electron chi connectivity index (χ2n) is 22.2. The molecule has 92 heavy (non-hydrogen) atoms. The first-order valence-corrected chi connectivity index (χ1v) is 30.7. The summed E-state index contributed by atoms with van der Waals surface area (Å²) in [5, 5.41) is 67.5. The van der Waals surface area contributed by atoms with E-state index in [4.69, 9.17) is 50.3 Å². The lowest BCUT2D eigenvalue weighted by Gasteiger charge is -2.28. The van der Waals surface area contributed by atoms with Gasteiger partial charge in [0.05, 0.1) is 0 Å². The zero-order valence-electron chi connectivity index (χ0n) is 51.9. The molecule has 8 atom stereocenters. The van der Waals surface area contributed by atoms with Gasteiger partial charge in [-0.1, -0.05) is 79.7 Å². The number of primary amides is 1. The highest BCUT2D eigenvalue weighted by Gasteiger charge is 2.36. The number of hydrogen-bond donors (Lipinski definition) is 22. The highest BCUT2D eigenvalue weighted by atomic mass is 16.2. The molecule has 27 N–H and O–H groups in total. The molecular weight excluding hydrogens is 1190 g/mol. The monoisotopic (exact) mass is 1280 g/mol. The second-order valence-corrected chi connectivity index (χ2v) is 22.2. The number of nitrogens with two attached hydrogens (primary N) is 5. The van der Waals surface area contributed by atoms with E-state index in [9.17, 15) is 33.6 Å². The molecule has 0 radical (unpaired) electrons. The van der Waals surface area contributed by atoms with Gasteiger partial charge >= 0.3 is 0 Å². The molecule has 10 amide bonds. The molecule has 0 aromatic heterocycles. The first-order chi connectivity index (χ1) is 43.9. The van der Waals surface area contributed by atoms with Gasteiger partial charge in [-0.3, -0.25) is 69.6 Å². The van der Waals surface area contributed by atoms with Crippen LogP contribution in [0, 0.1) is 21.6 Å². The van der Waals surface area contributed by atoms with Gasteiger partial charge in [-0.05, 0) is 98.9 Å². The Morgan fingerprint density at radius 1 is 0.413 bits per heavy atom. The number of fused-ring (bicyclic) bond motifs is 1. The van der Waals surface area contributed by atoms with Crippen LogP contribution in [0.2, 0.25) is 0 Å². The van der Waals surface area contributed by atoms with Gasteiger partial charge in [-0.25, -0.2) is 0 Å². The SMILES string of the molecule is CCC(=O)N[C@@H](CCCCNC(=O)CC[C@@H]1NC(=O)[C@@H](CCCNC(=N)N)NC(=O)[C@H](CCCNC(=N)N)NC(=O)[C@@H](CCCNC(=N)N)NC(=O)[C@H](CCCNC(=N)N)NC(=O)[C@H](Cc2ccc3ccccc3c2)NC(=O)[C@@H](Cc2ccccc2)NC1=O)C(N)=O. The summed E-state index contributed by atoms with van der Waals surface area (Å²) in [5.41, 5.74) is 28.9. The van der Waals surface area contributed by atoms with E-state index in [1.54, 1.807) is 43.3 Å². The van der Waals surface area contributed by atoms with E-state index in [-0.39, 0.29) is 152 Å². The minimum absolute atomic E-state index is 0.0378. The van der Waals surface area contributed by atoms with E-state index in [1.807, 2.05) is 36.4 Å². The minimum Gasteiger partial charge on any atom is -0.370 e. The van der Waals surface area contributed by atoms with Crippen molar-refractivity contribution in [2.24, 2.45) is 28.7 Å². The molecule has 3 aromatic rings. The van der Waals surface area contributed by atoms with Crippen molar-refractivity contribution in [2.75, 3.05) is 32.7 Å². The van der Waals surface area contributed by atoms with Gasteiger partial charge in [0.1, 0.15) is 48.3 Å². The van der Waals surface area contributed by atoms with E-state index >= 15 is 14.4 Å². The minimum atomic E-state index is -1.61. The lowest BCUT2D eigenvalue weighted by molar-refractivity contribution is -0.135. The molecule has 32 heteroatoms. The van der Waals surface area contributed by atoms with Gasteiger partial charge < -0.3 is 97.8 Å². The number of nitrogens with one attached hydrogen (secondary N) is 17. The summed E-state index contributed by atoms with van der Waals surface area (Å²) in [6.45, 7) is 1.96. The number of hydrogen-bond acceptors (Lipinski definition) is 14. The molecule has 0 saturated carbocycles. The van der Waals surface area contributed by atoms with Crippen LogP contribution >= 0.6 is 0 Å². The van der Waals surface area contributed by atoms with Gasteiger partial charge in [-0.15, -0.1) is 0 Å². The molecule has 1 aliphatic rings. The van der Waals surface area contributed by atoms with Crippen molar-refractivity contribution in [1.82, 2.24) is 69.1 Å². The summed E-state index contributed by atoms with van der Waals surface area (Å²) in [7, 11) is 0. The number of unbranched alkanes of at least 4 members (excludes halogenated alkanes) is 1. The van der Waals surface area contributed by atoms with Crippen LogP contribution in [-0.4, -0.2) is 164 Å². The quantitative estimate of drug-likeness (QED) is 0.0169. The normalized spacial score (nSPS) is 19.7. The van der Waals surface area contributed by atoms with Crippen LogP contribution in [0.3, 0.4) is 0 Å². The van der Waals surface area contributed by atoms with Crippen molar-refractivity contribution in [3.05, 3.63) is 83.9 Å². The molecule has 0 unspecified atom stereocenters. The number of rotatable bonds is 31. The van der Waals surface area contributed by atoms with Gasteiger partial charge in [0, 0.05) is 58.4 Å². The summed E-state index contributed by atoms with van der Waals surface area (Å²) in [5.74, 6) is -9.45. The van der Waals surface area contributed by atoms with E-state index < -0.39 is 101 Å². The van der Waals surface area contributed by atoms with E-state index in [1.165, 1.54) is 0 Å². The van der Waals surface area contributed by atoms with Crippen molar-refractivity contribution >= 4 is 93.7 Å². The smallest absolute Gasteiger partial charge is 0.243 e. The third-order valence-corrected chi connectivity index (χ3v) is 14.8. The van der Waals surface area contributed by atoms with Crippen molar-refractivity contribution in [3.63, 3.8) is 0 Å². The molecule has 502 valence electrons. The van der Waals surface area contributed by atoms with Gasteiger partial charge in [0.15, 0.2) is 23.8 Å². The van der Waals surface area contributed by atoms with Crippen LogP contribution < -0.4 is 97.8 Å². The molecule has 1 saturated heterocycles. The third-order valence-electron chi connectivity index (χ3n) is 14.8. The first-order valence-electron chi connectivity index (χ1n) is 30.7. The first kappa shape index (κ1) is 74.2. The molecule has 1 aliphatic heterocycles. The Bertz CT molecular complexity index is 3040. The summed E-state index contributed by atoms with van der Waals surface area (Å²) < 4.78 is 0. The topological polar surface area (TPSA) is 553 Å². The number of guanidine groups is 4. The van der Waals surface area contributed by atoms with Crippen LogP contribution in [-0.2, 0) is 60.8 Å². The molecule has 1 fully saturated rings. The molecule has 32 nitrogen and oxygen atoms in total. The summed E-state index contributed by atoms with van der Waals surface area (Å²) >= 11 is 0. The van der Waals surface area contributed by atoms with Gasteiger partial charge in [0.25, 0.3) is 0 Å². The van der Waals surface area contributed by atoms with Crippen LogP contribution in [0.15, 0.2) is 72.8 Å². The predicted octanol–water partition coefficient (Wildman–Crippen LogP) is -3.47. The zero-order valence-corrected chi connectivity index (χ0v) is 51.9. The summed E-state index contributed by atoms with van der Waals surface area (Å²) in [6.07, 6.45) is -0.148. The fourth-order valence-corrected chi connectivity index (χ4v) is 9.88. The van der Waals surface area contributed by atoms with Crippen LogP contribution in [0.1, 0.15) is 108 Å². The summed E-state index contributed by atoms with van der Waals surface area (Å²) in [4.78, 5) is 142. The molecule has 0 spiro atoms. The lowest BCUT2D eigenvalue weighted by atomic mass is 9.99. The van der Waals surface area contributed by atoms with E-state index in [0.29, 0.717) is 24.0 Å². The molecule has 1 heterocycles. The Morgan fingerprint density at radius 3 is 1.17 bits per heavy atom. The van der Waals surface area contributed by atoms with E-state index in [2.05, 4.69) is 69.1 Å². The molecule has 3 aromatic carbocycles. The predicted molar refractivity (Wildman–Crippen MR) is 345 cm³/mol. The van der Waals surface area contributed by atoms with Gasteiger partial charge in [0.2, 0.25) is 59.1 Å². The van der Waals surface area contributed by atoms with Crippen LogP contribution in [0.25, 0.3) is 10.8 Å². The van der Waals surface area contributed by atoms with Crippen molar-refractivity contribution in [3.8, 4) is 0 Å². The molecule has 0 aliphatic carbocycles. The Balaban J connectivity index is 1.89. The fourth-order valence-electron chi connectivity index (χ4n) is 9.88. The zero-order chi connectivity index (χ0) is 67.5. The van der Waals surface area contributed by atoms with Crippen LogP contribution in [0.4, 0.5) is 0 Å². The number of benzene rings is 3. The Hall–Kier alpha value is -10.3. The lowest BCUT2D eigenvalue weighted by Crippen LogP contribution is -2.60. The highest BCUT2D eigenvalue weighted by Crippen LogP contribution is 2.18. The summed E-state index contributed by atoms with van der Waals surface area (Å²) in [6, 6.07) is 10.1. The standard InChI is InChI=1S/C60H92N22O10/c1-2-47(83)75-39(49(61)85)18-8-9-27-70-48(84)26-25-44-54(90)81-45(33-35-14-4-3-5-15-35)56(92)82-46(34-36-23-24-37-16-6-7-17-38(37)32-36)55(91)79-43(22-13-31-74-60(68)69)52(88)77-41(20-11-29-72-58(64)65)50(86)76-40(19-10-28-71-57(62)63)51(87)78-42(53(89)80-44)21-12-30-73-59(66)67/h3-7,14-17,23-24,32,39-46H,2,8-13,18-22,25-31,33-34H2,1H3,(H2,61,85)(H,70,84)(H,75,83)(H,76,86)(H,77,88)(H,78,87)(H,79,91)(H,80,89)(H,81,90)(H,82,92)(H4,62,63,71)(H4,64,65,72)(H4,66,67,73)(H4,68,69,74)/t39-,40-,41+,42+,43-,44-,45+,46-/m0/s1. The largest absolute Gasteiger partial charge is 0.370 e. The number of amides is 10. The highest BCUT2D eigenvalue weighted by molar-refractivity contribution is 5.99. The Kier molecular flexibility index (Phi) is 32.0. The third kappa shape index (κ3) is 28.0.